The normalized spacial score (nSPS) is 13.1. The molecular weight excluding hydrogens is 388 g/mol. The topological polar surface area (TPSA) is 113 Å². The summed E-state index contributed by atoms with van der Waals surface area (Å²) >= 11 is 0. The Morgan fingerprint density at radius 1 is 0.933 bits per heavy atom. The number of nitro benzene ring substituents is 2. The van der Waals surface area contributed by atoms with Crippen LogP contribution in [-0.4, -0.2) is 22.4 Å². The lowest BCUT2D eigenvalue weighted by molar-refractivity contribution is -0.394. The van der Waals surface area contributed by atoms with E-state index in [9.17, 15) is 25.0 Å². The number of carbonyl (C=O) groups is 1. The quantitative estimate of drug-likeness (QED) is 0.147. The Balaban J connectivity index is 2.92. The molecule has 0 bridgehead atoms. The number of carbonyl (C=O) groups excluding carboxylic acids is 1. The van der Waals surface area contributed by atoms with Gasteiger partial charge in [-0.25, -0.2) is 4.79 Å². The van der Waals surface area contributed by atoms with Crippen molar-refractivity contribution in [2.45, 2.75) is 79.1 Å². The number of rotatable bonds is 14. The van der Waals surface area contributed by atoms with Crippen LogP contribution in [-0.2, 0) is 4.74 Å². The summed E-state index contributed by atoms with van der Waals surface area (Å²) in [5.41, 5.74) is -1.11. The molecule has 0 spiro atoms. The number of nitro groups is 2. The Hall–Kier alpha value is -2.51. The summed E-state index contributed by atoms with van der Waals surface area (Å²) in [7, 11) is 0. The maximum Gasteiger partial charge on any atom is 0.338 e. The zero-order chi connectivity index (χ0) is 22.7. The fourth-order valence-corrected chi connectivity index (χ4v) is 3.85. The van der Waals surface area contributed by atoms with E-state index in [1.54, 1.807) is 0 Å². The largest absolute Gasteiger partial charge is 0.462 e. The molecule has 0 radical (unpaired) electrons. The van der Waals surface area contributed by atoms with Crippen LogP contribution in [0.15, 0.2) is 18.2 Å². The summed E-state index contributed by atoms with van der Waals surface area (Å²) in [6.07, 6.45) is 8.47. The van der Waals surface area contributed by atoms with E-state index < -0.39 is 27.2 Å². The predicted molar refractivity (Wildman–Crippen MR) is 116 cm³/mol. The molecule has 0 heterocycles. The second kappa shape index (κ2) is 12.2. The van der Waals surface area contributed by atoms with Crippen LogP contribution in [0.1, 0.15) is 89.4 Å². The number of hydrogen-bond acceptors (Lipinski definition) is 6. The van der Waals surface area contributed by atoms with Gasteiger partial charge in [-0.1, -0.05) is 59.8 Å². The van der Waals surface area contributed by atoms with Crippen LogP contribution in [0.25, 0.3) is 0 Å². The maximum absolute atomic E-state index is 12.5. The van der Waals surface area contributed by atoms with Crippen molar-refractivity contribution >= 4 is 17.3 Å². The number of benzene rings is 1. The molecule has 0 aromatic heterocycles. The molecule has 8 heteroatoms. The zero-order valence-electron chi connectivity index (χ0n) is 18.5. The minimum Gasteiger partial charge on any atom is -0.462 e. The molecule has 0 saturated heterocycles. The number of non-ortho nitro benzene ring substituents is 2. The number of ether oxygens (including phenoxy) is 1. The highest BCUT2D eigenvalue weighted by atomic mass is 16.6. The summed E-state index contributed by atoms with van der Waals surface area (Å²) in [5.74, 6) is -0.345. The van der Waals surface area contributed by atoms with Gasteiger partial charge in [-0.2, -0.15) is 0 Å². The van der Waals surface area contributed by atoms with E-state index in [1.165, 1.54) is 0 Å². The monoisotopic (exact) mass is 422 g/mol. The van der Waals surface area contributed by atoms with Gasteiger partial charge in [0.05, 0.1) is 28.1 Å². The van der Waals surface area contributed by atoms with Gasteiger partial charge in [-0.3, -0.25) is 20.2 Å². The van der Waals surface area contributed by atoms with Crippen molar-refractivity contribution in [3.63, 3.8) is 0 Å². The van der Waals surface area contributed by atoms with E-state index in [4.69, 9.17) is 4.74 Å². The molecular formula is C22H34N2O6. The smallest absolute Gasteiger partial charge is 0.338 e. The fourth-order valence-electron chi connectivity index (χ4n) is 3.85. The van der Waals surface area contributed by atoms with Gasteiger partial charge in [0.2, 0.25) is 0 Å². The molecule has 1 aromatic carbocycles. The summed E-state index contributed by atoms with van der Waals surface area (Å²) in [4.78, 5) is 33.0. The van der Waals surface area contributed by atoms with Crippen LogP contribution in [0, 0.1) is 31.6 Å². The number of nitrogens with zero attached hydrogens (tertiary/aromatic N) is 2. The third-order valence-electron chi connectivity index (χ3n) is 5.92. The van der Waals surface area contributed by atoms with Crippen LogP contribution < -0.4 is 0 Å². The van der Waals surface area contributed by atoms with Crippen molar-refractivity contribution in [3.8, 4) is 0 Å². The van der Waals surface area contributed by atoms with E-state index in [-0.39, 0.29) is 17.6 Å². The van der Waals surface area contributed by atoms with Crippen molar-refractivity contribution in [2.75, 3.05) is 6.61 Å². The Morgan fingerprint density at radius 3 is 1.93 bits per heavy atom. The average Bonchev–Trinajstić information content (AvgIpc) is 2.70. The minimum atomic E-state index is -0.775. The molecule has 1 atom stereocenters. The molecule has 0 saturated carbocycles. The van der Waals surface area contributed by atoms with Crippen LogP contribution >= 0.6 is 0 Å². The lowest BCUT2D eigenvalue weighted by atomic mass is 9.68. The van der Waals surface area contributed by atoms with E-state index in [0.717, 1.165) is 63.1 Å². The first-order valence-corrected chi connectivity index (χ1v) is 10.8. The van der Waals surface area contributed by atoms with Gasteiger partial charge in [0.25, 0.3) is 11.4 Å². The van der Waals surface area contributed by atoms with Gasteiger partial charge in [0, 0.05) is 12.1 Å². The van der Waals surface area contributed by atoms with Crippen molar-refractivity contribution in [1.29, 1.82) is 0 Å². The Morgan fingerprint density at radius 2 is 1.47 bits per heavy atom. The molecule has 8 nitrogen and oxygen atoms in total. The molecule has 1 aromatic rings. The highest BCUT2D eigenvalue weighted by molar-refractivity contribution is 5.91. The molecule has 1 rings (SSSR count). The maximum atomic E-state index is 12.5. The SMILES string of the molecule is CCCCCC(CCCC)(CCOC(=O)c1cc([N+](=O)[O-])cc([N+](=O)[O-])c1)C(C)C. The van der Waals surface area contributed by atoms with Gasteiger partial charge < -0.3 is 4.74 Å². The zero-order valence-corrected chi connectivity index (χ0v) is 18.5. The van der Waals surface area contributed by atoms with Gasteiger partial charge in [-0.05, 0) is 30.6 Å². The third-order valence-corrected chi connectivity index (χ3v) is 5.92. The number of unbranched alkanes of at least 4 members (excludes halogenated alkanes) is 3. The molecule has 30 heavy (non-hydrogen) atoms. The van der Waals surface area contributed by atoms with Gasteiger partial charge in [0.15, 0.2) is 0 Å². The first kappa shape index (κ1) is 25.5. The van der Waals surface area contributed by atoms with Crippen molar-refractivity contribution < 1.29 is 19.4 Å². The van der Waals surface area contributed by atoms with Crippen LogP contribution in [0.4, 0.5) is 11.4 Å². The Bertz CT molecular complexity index is 702. The van der Waals surface area contributed by atoms with E-state index in [0.29, 0.717) is 12.3 Å². The number of esters is 1. The van der Waals surface area contributed by atoms with Crippen molar-refractivity contribution in [1.82, 2.24) is 0 Å². The molecule has 1 unspecified atom stereocenters. The second-order valence-corrected chi connectivity index (χ2v) is 8.22. The molecule has 0 amide bonds. The van der Waals surface area contributed by atoms with E-state index in [1.807, 2.05) is 0 Å². The third kappa shape index (κ3) is 7.39. The lowest BCUT2D eigenvalue weighted by Gasteiger charge is -2.38. The standard InChI is InChI=1S/C22H34N2O6/c1-5-7-9-11-22(17(3)4,10-8-6-2)12-13-30-21(25)18-14-19(23(26)27)16-20(15-18)24(28)29/h14-17H,5-13H2,1-4H3. The van der Waals surface area contributed by atoms with Gasteiger partial charge >= 0.3 is 5.97 Å². The van der Waals surface area contributed by atoms with E-state index >= 15 is 0 Å². The summed E-state index contributed by atoms with van der Waals surface area (Å²) in [6.45, 7) is 8.92. The van der Waals surface area contributed by atoms with Crippen molar-refractivity contribution in [3.05, 3.63) is 44.0 Å². The first-order valence-electron chi connectivity index (χ1n) is 10.8. The molecule has 0 aliphatic rings. The fraction of sp³-hybridized carbons (Fsp3) is 0.682. The first-order chi connectivity index (χ1) is 14.2. The van der Waals surface area contributed by atoms with E-state index in [2.05, 4.69) is 27.7 Å². The molecule has 168 valence electrons. The second-order valence-electron chi connectivity index (χ2n) is 8.22. The lowest BCUT2D eigenvalue weighted by Crippen LogP contribution is -2.30. The molecule has 0 aliphatic heterocycles. The van der Waals surface area contributed by atoms with Crippen LogP contribution in [0.2, 0.25) is 0 Å². The van der Waals surface area contributed by atoms with Crippen LogP contribution in [0.5, 0.6) is 0 Å². The Labute approximate surface area is 178 Å². The van der Waals surface area contributed by atoms with Gasteiger partial charge in [0.1, 0.15) is 0 Å². The molecule has 0 aliphatic carbocycles. The van der Waals surface area contributed by atoms with Gasteiger partial charge in [-0.15, -0.1) is 0 Å². The van der Waals surface area contributed by atoms with Crippen LogP contribution in [0.3, 0.4) is 0 Å². The Kier molecular flexibility index (Phi) is 10.4. The highest BCUT2D eigenvalue weighted by Gasteiger charge is 2.33. The minimum absolute atomic E-state index is 0.0696. The number of hydrogen-bond donors (Lipinski definition) is 0. The molecule has 0 fully saturated rings. The summed E-state index contributed by atoms with van der Waals surface area (Å²) in [6, 6.07) is 2.87. The average molecular weight is 423 g/mol. The predicted octanol–water partition coefficient (Wildman–Crippen LogP) is 6.46. The highest BCUT2D eigenvalue weighted by Crippen LogP contribution is 2.42. The molecule has 0 N–H and O–H groups in total. The summed E-state index contributed by atoms with van der Waals surface area (Å²) < 4.78 is 5.41. The van der Waals surface area contributed by atoms with Crippen molar-refractivity contribution in [2.24, 2.45) is 11.3 Å². The summed E-state index contributed by atoms with van der Waals surface area (Å²) in [5, 5.41) is 22.1.